The number of aromatic nitrogens is 2. The maximum absolute atomic E-state index is 12.7. The van der Waals surface area contributed by atoms with Gasteiger partial charge in [0.2, 0.25) is 0 Å². The van der Waals surface area contributed by atoms with Crippen molar-refractivity contribution in [2.45, 2.75) is 19.9 Å². The van der Waals surface area contributed by atoms with E-state index in [9.17, 15) is 9.59 Å². The predicted octanol–water partition coefficient (Wildman–Crippen LogP) is 3.30. The number of nitrogens with zero attached hydrogens (tertiary/aromatic N) is 3. The smallest absolute Gasteiger partial charge is 0.276 e. The summed E-state index contributed by atoms with van der Waals surface area (Å²) in [4.78, 5) is 36.4. The molecule has 1 aromatic carbocycles. The Labute approximate surface area is 160 Å². The third kappa shape index (κ3) is 3.73. The zero-order valence-corrected chi connectivity index (χ0v) is 15.6. The zero-order valence-electron chi connectivity index (χ0n) is 14.8. The highest BCUT2D eigenvalue weighted by Gasteiger charge is 2.25. The highest BCUT2D eigenvalue weighted by atomic mass is 32.1. The van der Waals surface area contributed by atoms with E-state index in [1.54, 1.807) is 24.4 Å². The largest absolute Gasteiger partial charge is 0.333 e. The summed E-state index contributed by atoms with van der Waals surface area (Å²) in [7, 11) is 0. The lowest BCUT2D eigenvalue weighted by atomic mass is 10.1. The lowest BCUT2D eigenvalue weighted by molar-refractivity contribution is 0.0736. The highest BCUT2D eigenvalue weighted by molar-refractivity contribution is 7.15. The van der Waals surface area contributed by atoms with E-state index in [4.69, 9.17) is 0 Å². The summed E-state index contributed by atoms with van der Waals surface area (Å²) < 4.78 is 0. The topological polar surface area (TPSA) is 75.2 Å². The van der Waals surface area contributed by atoms with Gasteiger partial charge in [-0.15, -0.1) is 0 Å². The van der Waals surface area contributed by atoms with E-state index in [0.717, 1.165) is 16.1 Å². The monoisotopic (exact) mass is 378 g/mol. The number of amides is 2. The number of carbonyl (C=O) groups excluding carboxylic acids is 2. The Morgan fingerprint density at radius 1 is 1.15 bits per heavy atom. The first-order chi connectivity index (χ1) is 13.1. The second-order valence-electron chi connectivity index (χ2n) is 6.40. The number of pyridine rings is 1. The lowest BCUT2D eigenvalue weighted by Gasteiger charge is -2.26. The van der Waals surface area contributed by atoms with E-state index in [-0.39, 0.29) is 11.8 Å². The van der Waals surface area contributed by atoms with Gasteiger partial charge in [-0.2, -0.15) is 0 Å². The third-order valence-electron chi connectivity index (χ3n) is 4.43. The number of benzene rings is 1. The van der Waals surface area contributed by atoms with Crippen LogP contribution in [0.2, 0.25) is 0 Å². The summed E-state index contributed by atoms with van der Waals surface area (Å²) in [6, 6.07) is 12.8. The molecule has 0 saturated carbocycles. The van der Waals surface area contributed by atoms with Crippen molar-refractivity contribution in [2.75, 3.05) is 11.9 Å². The molecule has 136 valence electrons. The second kappa shape index (κ2) is 7.28. The fourth-order valence-corrected chi connectivity index (χ4v) is 3.98. The minimum Gasteiger partial charge on any atom is -0.333 e. The fraction of sp³-hybridized carbons (Fsp3) is 0.200. The highest BCUT2D eigenvalue weighted by Crippen LogP contribution is 2.29. The second-order valence-corrected chi connectivity index (χ2v) is 7.48. The molecule has 4 rings (SSSR count). The van der Waals surface area contributed by atoms with Crippen molar-refractivity contribution in [3.8, 4) is 0 Å². The van der Waals surface area contributed by atoms with Crippen molar-refractivity contribution in [1.29, 1.82) is 0 Å². The van der Waals surface area contributed by atoms with Crippen molar-refractivity contribution in [3.05, 3.63) is 76.1 Å². The molecule has 3 heterocycles. The van der Waals surface area contributed by atoms with Crippen molar-refractivity contribution in [3.63, 3.8) is 0 Å². The van der Waals surface area contributed by atoms with Crippen LogP contribution in [0.3, 0.4) is 0 Å². The van der Waals surface area contributed by atoms with Gasteiger partial charge in [0.25, 0.3) is 11.8 Å². The average Bonchev–Trinajstić information content (AvgIpc) is 3.10. The van der Waals surface area contributed by atoms with Gasteiger partial charge in [-0.3, -0.25) is 19.9 Å². The molecule has 0 bridgehead atoms. The van der Waals surface area contributed by atoms with E-state index in [2.05, 4.69) is 15.3 Å². The molecular weight excluding hydrogens is 360 g/mol. The molecule has 3 aromatic rings. The molecule has 27 heavy (non-hydrogen) atoms. The number of aryl methyl sites for hydroxylation is 1. The number of hydrogen-bond acceptors (Lipinski definition) is 5. The Balaban J connectivity index is 1.47. The molecule has 0 spiro atoms. The van der Waals surface area contributed by atoms with Gasteiger partial charge in [0.15, 0.2) is 5.13 Å². The van der Waals surface area contributed by atoms with Crippen LogP contribution in [0, 0.1) is 6.92 Å². The summed E-state index contributed by atoms with van der Waals surface area (Å²) in [5.74, 6) is -0.262. The molecule has 0 saturated heterocycles. The molecule has 1 aliphatic heterocycles. The van der Waals surface area contributed by atoms with Crippen LogP contribution in [0.1, 0.15) is 37.0 Å². The van der Waals surface area contributed by atoms with Gasteiger partial charge in [-0.1, -0.05) is 35.1 Å². The number of nitrogens with one attached hydrogen (secondary N) is 1. The summed E-state index contributed by atoms with van der Waals surface area (Å²) in [5.41, 5.74) is 3.12. The molecule has 6 nitrogen and oxygen atoms in total. The number of carbonyl (C=O) groups is 2. The molecule has 2 aromatic heterocycles. The van der Waals surface area contributed by atoms with Gasteiger partial charge in [0, 0.05) is 29.6 Å². The molecule has 0 atom stereocenters. The van der Waals surface area contributed by atoms with Crippen LogP contribution in [0.15, 0.2) is 48.7 Å². The molecule has 1 N–H and O–H groups in total. The van der Waals surface area contributed by atoms with Crippen molar-refractivity contribution in [2.24, 2.45) is 0 Å². The number of rotatable bonds is 3. The third-order valence-corrected chi connectivity index (χ3v) is 5.43. The van der Waals surface area contributed by atoms with E-state index >= 15 is 0 Å². The Morgan fingerprint density at radius 3 is 2.70 bits per heavy atom. The first-order valence-corrected chi connectivity index (χ1v) is 9.49. The fourth-order valence-electron chi connectivity index (χ4n) is 2.96. The maximum atomic E-state index is 12.7. The predicted molar refractivity (Wildman–Crippen MR) is 104 cm³/mol. The minimum absolute atomic E-state index is 0.0214. The molecule has 0 radical (unpaired) electrons. The van der Waals surface area contributed by atoms with Gasteiger partial charge < -0.3 is 4.90 Å². The molecule has 0 fully saturated rings. The summed E-state index contributed by atoms with van der Waals surface area (Å²) >= 11 is 1.41. The van der Waals surface area contributed by atoms with Crippen LogP contribution in [-0.2, 0) is 13.0 Å². The summed E-state index contributed by atoms with van der Waals surface area (Å²) in [6.45, 7) is 3.13. The molecule has 0 unspecified atom stereocenters. The van der Waals surface area contributed by atoms with Crippen molar-refractivity contribution >= 4 is 28.3 Å². The van der Waals surface area contributed by atoms with Crippen LogP contribution in [0.25, 0.3) is 0 Å². The Kier molecular flexibility index (Phi) is 4.68. The van der Waals surface area contributed by atoms with E-state index in [1.165, 1.54) is 11.3 Å². The SMILES string of the molecule is Cc1ccc(C(=O)N2CCc3nc(NC(=O)c4ccccn4)sc3C2)cc1. The lowest BCUT2D eigenvalue weighted by Crippen LogP contribution is -2.35. The van der Waals surface area contributed by atoms with Gasteiger partial charge in [0.05, 0.1) is 12.2 Å². The Hall–Kier alpha value is -3.06. The summed E-state index contributed by atoms with van der Waals surface area (Å²) in [5, 5.41) is 3.34. The zero-order chi connectivity index (χ0) is 18.8. The minimum atomic E-state index is -0.283. The van der Waals surface area contributed by atoms with Gasteiger partial charge in [-0.25, -0.2) is 4.98 Å². The van der Waals surface area contributed by atoms with E-state index < -0.39 is 0 Å². The van der Waals surface area contributed by atoms with Gasteiger partial charge >= 0.3 is 0 Å². The van der Waals surface area contributed by atoms with Gasteiger partial charge in [0.1, 0.15) is 5.69 Å². The van der Waals surface area contributed by atoms with Crippen LogP contribution in [0.4, 0.5) is 5.13 Å². The number of fused-ring (bicyclic) bond motifs is 1. The molecular formula is C20H18N4O2S. The summed E-state index contributed by atoms with van der Waals surface area (Å²) in [6.07, 6.45) is 2.26. The Bertz CT molecular complexity index is 983. The standard InChI is InChI=1S/C20H18N4O2S/c1-13-5-7-14(8-6-13)19(26)24-11-9-15-17(12-24)27-20(22-15)23-18(25)16-4-2-3-10-21-16/h2-8,10H,9,11-12H2,1H3,(H,22,23,25). The first-order valence-electron chi connectivity index (χ1n) is 8.67. The van der Waals surface area contributed by atoms with Crippen LogP contribution in [0.5, 0.6) is 0 Å². The number of hydrogen-bond donors (Lipinski definition) is 1. The maximum Gasteiger partial charge on any atom is 0.276 e. The van der Waals surface area contributed by atoms with Crippen molar-refractivity contribution < 1.29 is 9.59 Å². The van der Waals surface area contributed by atoms with Crippen LogP contribution < -0.4 is 5.32 Å². The quantitative estimate of drug-likeness (QED) is 0.759. The number of anilines is 1. The molecule has 0 aliphatic carbocycles. The number of thiazole rings is 1. The van der Waals surface area contributed by atoms with Gasteiger partial charge in [-0.05, 0) is 31.2 Å². The molecule has 2 amide bonds. The van der Waals surface area contributed by atoms with Crippen molar-refractivity contribution in [1.82, 2.24) is 14.9 Å². The van der Waals surface area contributed by atoms with Crippen LogP contribution >= 0.6 is 11.3 Å². The average molecular weight is 378 g/mol. The van der Waals surface area contributed by atoms with Crippen LogP contribution in [-0.4, -0.2) is 33.2 Å². The molecule has 7 heteroatoms. The van der Waals surface area contributed by atoms with E-state index in [1.807, 2.05) is 36.1 Å². The molecule has 1 aliphatic rings. The first kappa shape index (κ1) is 17.4. The Morgan fingerprint density at radius 2 is 1.96 bits per heavy atom. The normalized spacial score (nSPS) is 13.1. The van der Waals surface area contributed by atoms with E-state index in [0.29, 0.717) is 35.9 Å².